The van der Waals surface area contributed by atoms with E-state index in [2.05, 4.69) is 0 Å². The SMILES string of the molecule is COc1cc(/C=C2\Oc3cc(OC(=O)C(Cl)c4ccccc4)cc(C)c3C2=O)cc(OC)c1OC. The van der Waals surface area contributed by atoms with E-state index in [0.29, 0.717) is 45.3 Å². The van der Waals surface area contributed by atoms with Crippen molar-refractivity contribution < 1.29 is 33.3 Å². The van der Waals surface area contributed by atoms with Gasteiger partial charge in [0.25, 0.3) is 0 Å². The fraction of sp³-hybridized carbons (Fsp3) is 0.185. The lowest BCUT2D eigenvalue weighted by Gasteiger charge is -2.13. The third-order valence-electron chi connectivity index (χ3n) is 5.45. The molecule has 7 nitrogen and oxygen atoms in total. The van der Waals surface area contributed by atoms with Gasteiger partial charge in [-0.2, -0.15) is 0 Å². The molecular formula is C27H23ClO7. The highest BCUT2D eigenvalue weighted by molar-refractivity contribution is 6.30. The van der Waals surface area contributed by atoms with Gasteiger partial charge >= 0.3 is 5.97 Å². The Morgan fingerprint density at radius 1 is 0.971 bits per heavy atom. The zero-order valence-corrected chi connectivity index (χ0v) is 20.3. The normalized spacial score (nSPS) is 14.2. The van der Waals surface area contributed by atoms with Crippen LogP contribution in [0.3, 0.4) is 0 Å². The largest absolute Gasteiger partial charge is 0.493 e. The zero-order chi connectivity index (χ0) is 25.1. The van der Waals surface area contributed by atoms with Gasteiger partial charge in [-0.25, -0.2) is 4.79 Å². The van der Waals surface area contributed by atoms with Gasteiger partial charge in [0.05, 0.1) is 26.9 Å². The summed E-state index contributed by atoms with van der Waals surface area (Å²) in [6.07, 6.45) is 1.59. The van der Waals surface area contributed by atoms with E-state index >= 15 is 0 Å². The Morgan fingerprint density at radius 3 is 2.23 bits per heavy atom. The van der Waals surface area contributed by atoms with Crippen molar-refractivity contribution in [3.8, 4) is 28.7 Å². The summed E-state index contributed by atoms with van der Waals surface area (Å²) in [7, 11) is 4.53. The summed E-state index contributed by atoms with van der Waals surface area (Å²) in [5, 5.41) is -0.970. The van der Waals surface area contributed by atoms with Crippen molar-refractivity contribution in [3.05, 3.63) is 82.6 Å². The summed E-state index contributed by atoms with van der Waals surface area (Å²) in [4.78, 5) is 25.6. The van der Waals surface area contributed by atoms with Crippen LogP contribution in [0.15, 0.2) is 60.4 Å². The van der Waals surface area contributed by atoms with Gasteiger partial charge in [-0.05, 0) is 47.9 Å². The molecule has 0 spiro atoms. The molecule has 1 aliphatic heterocycles. The lowest BCUT2D eigenvalue weighted by Crippen LogP contribution is -2.14. The molecule has 0 amide bonds. The van der Waals surface area contributed by atoms with Crippen LogP contribution < -0.4 is 23.7 Å². The van der Waals surface area contributed by atoms with Gasteiger partial charge in [0.1, 0.15) is 11.5 Å². The molecule has 180 valence electrons. The number of carbonyl (C=O) groups excluding carboxylic acids is 2. The molecule has 0 saturated carbocycles. The molecule has 0 fully saturated rings. The minimum Gasteiger partial charge on any atom is -0.493 e. The van der Waals surface area contributed by atoms with Gasteiger partial charge in [0.15, 0.2) is 22.6 Å². The first kappa shape index (κ1) is 24.2. The van der Waals surface area contributed by atoms with Crippen LogP contribution in [0.2, 0.25) is 0 Å². The van der Waals surface area contributed by atoms with E-state index in [-0.39, 0.29) is 17.3 Å². The first-order valence-corrected chi connectivity index (χ1v) is 11.1. The zero-order valence-electron chi connectivity index (χ0n) is 19.6. The Kier molecular flexibility index (Phi) is 6.98. The van der Waals surface area contributed by atoms with Gasteiger partial charge in [-0.3, -0.25) is 4.79 Å². The highest BCUT2D eigenvalue weighted by atomic mass is 35.5. The molecule has 35 heavy (non-hydrogen) atoms. The van der Waals surface area contributed by atoms with E-state index in [1.165, 1.54) is 27.4 Å². The molecule has 1 unspecified atom stereocenters. The summed E-state index contributed by atoms with van der Waals surface area (Å²) in [5.74, 6) is 1.05. The standard InChI is InChI=1S/C27H23ClO7/c1-15-10-18(34-27(30)24(28)17-8-6-5-7-9-17)14-19-23(15)25(29)20(35-19)11-16-12-21(31-2)26(33-4)22(13-16)32-3/h5-14,24H,1-4H3/b20-11-. The first-order valence-electron chi connectivity index (χ1n) is 10.7. The maximum Gasteiger partial charge on any atom is 0.334 e. The number of alkyl halides is 1. The third-order valence-corrected chi connectivity index (χ3v) is 5.88. The predicted octanol–water partition coefficient (Wildman–Crippen LogP) is 5.52. The summed E-state index contributed by atoms with van der Waals surface area (Å²) in [6.45, 7) is 1.75. The van der Waals surface area contributed by atoms with Crippen molar-refractivity contribution in [3.63, 3.8) is 0 Å². The van der Waals surface area contributed by atoms with Crippen LogP contribution >= 0.6 is 11.6 Å². The van der Waals surface area contributed by atoms with Gasteiger partial charge in [-0.15, -0.1) is 11.6 Å². The first-order chi connectivity index (χ1) is 16.9. The van der Waals surface area contributed by atoms with Gasteiger partial charge in [-0.1, -0.05) is 30.3 Å². The molecule has 0 bridgehead atoms. The minimum absolute atomic E-state index is 0.111. The number of fused-ring (bicyclic) bond motifs is 1. The number of hydrogen-bond donors (Lipinski definition) is 0. The molecule has 1 heterocycles. The molecule has 0 N–H and O–H groups in total. The van der Waals surface area contributed by atoms with Crippen molar-refractivity contribution in [2.45, 2.75) is 12.3 Å². The van der Waals surface area contributed by atoms with E-state index < -0.39 is 11.3 Å². The Hall–Kier alpha value is -3.97. The highest BCUT2D eigenvalue weighted by Gasteiger charge is 2.31. The second-order valence-corrected chi connectivity index (χ2v) is 8.14. The Labute approximate surface area is 207 Å². The van der Waals surface area contributed by atoms with E-state index in [4.69, 9.17) is 35.3 Å². The van der Waals surface area contributed by atoms with Crippen LogP contribution in [0.1, 0.15) is 32.4 Å². The van der Waals surface area contributed by atoms with Crippen molar-refractivity contribution in [2.24, 2.45) is 0 Å². The van der Waals surface area contributed by atoms with E-state index in [1.54, 1.807) is 55.5 Å². The molecule has 1 atom stereocenters. The van der Waals surface area contributed by atoms with Crippen LogP contribution in [0.4, 0.5) is 0 Å². The van der Waals surface area contributed by atoms with Crippen LogP contribution in [0.5, 0.6) is 28.7 Å². The van der Waals surface area contributed by atoms with E-state index in [9.17, 15) is 9.59 Å². The van der Waals surface area contributed by atoms with Crippen molar-refractivity contribution in [2.75, 3.05) is 21.3 Å². The fourth-order valence-electron chi connectivity index (χ4n) is 3.80. The van der Waals surface area contributed by atoms with E-state index in [0.717, 1.165) is 0 Å². The van der Waals surface area contributed by atoms with Crippen LogP contribution in [-0.2, 0) is 4.79 Å². The van der Waals surface area contributed by atoms with Gasteiger partial charge in [0.2, 0.25) is 11.5 Å². The van der Waals surface area contributed by atoms with Crippen molar-refractivity contribution >= 4 is 29.4 Å². The quantitative estimate of drug-likeness (QED) is 0.185. The Balaban J connectivity index is 1.60. The molecule has 1 aliphatic rings. The molecule has 4 rings (SSSR count). The summed E-state index contributed by atoms with van der Waals surface area (Å²) in [6, 6.07) is 15.4. The van der Waals surface area contributed by atoms with Crippen molar-refractivity contribution in [1.29, 1.82) is 0 Å². The minimum atomic E-state index is -0.970. The van der Waals surface area contributed by atoms with Gasteiger partial charge in [0, 0.05) is 6.07 Å². The predicted molar refractivity (Wildman–Crippen MR) is 131 cm³/mol. The van der Waals surface area contributed by atoms with E-state index in [1.807, 2.05) is 6.07 Å². The van der Waals surface area contributed by atoms with Crippen LogP contribution in [0, 0.1) is 6.92 Å². The molecule has 3 aromatic rings. The Bertz CT molecular complexity index is 1290. The average Bonchev–Trinajstić information content (AvgIpc) is 3.18. The molecule has 0 radical (unpaired) electrons. The number of ketones is 1. The number of allylic oxidation sites excluding steroid dienone is 1. The molecule has 0 aromatic heterocycles. The maximum absolute atomic E-state index is 13.1. The topological polar surface area (TPSA) is 80.3 Å². The smallest absolute Gasteiger partial charge is 0.334 e. The summed E-state index contributed by atoms with van der Waals surface area (Å²) >= 11 is 6.27. The molecule has 3 aromatic carbocycles. The van der Waals surface area contributed by atoms with Crippen LogP contribution in [-0.4, -0.2) is 33.1 Å². The maximum atomic E-state index is 13.1. The number of aryl methyl sites for hydroxylation is 1. The number of carbonyl (C=O) groups is 2. The molecule has 0 saturated heterocycles. The van der Waals surface area contributed by atoms with Crippen molar-refractivity contribution in [1.82, 2.24) is 0 Å². The summed E-state index contributed by atoms with van der Waals surface area (Å²) < 4.78 is 27.4. The number of ether oxygens (including phenoxy) is 5. The number of Topliss-reactive ketones (excluding diaryl/α,β-unsaturated/α-hetero) is 1. The number of methoxy groups -OCH3 is 3. The number of rotatable bonds is 7. The molecule has 0 aliphatic carbocycles. The number of benzene rings is 3. The lowest BCUT2D eigenvalue weighted by atomic mass is 10.0. The second-order valence-electron chi connectivity index (χ2n) is 7.71. The fourth-order valence-corrected chi connectivity index (χ4v) is 3.99. The number of halogens is 1. The summed E-state index contributed by atoms with van der Waals surface area (Å²) in [5.41, 5.74) is 2.25. The van der Waals surface area contributed by atoms with Gasteiger partial charge < -0.3 is 23.7 Å². The second kappa shape index (κ2) is 10.1. The third kappa shape index (κ3) is 4.81. The highest BCUT2D eigenvalue weighted by Crippen LogP contribution is 2.41. The van der Waals surface area contributed by atoms with Crippen LogP contribution in [0.25, 0.3) is 6.08 Å². The monoisotopic (exact) mass is 494 g/mol. The molecular weight excluding hydrogens is 472 g/mol. The molecule has 8 heteroatoms. The number of esters is 1. The average molecular weight is 495 g/mol. The Morgan fingerprint density at radius 2 is 1.63 bits per heavy atom. The number of hydrogen-bond acceptors (Lipinski definition) is 7. The lowest BCUT2D eigenvalue weighted by molar-refractivity contribution is -0.134.